The standard InChI is InChI=1S/C13H17NO2/c1-3-14-8-7-10-5-4-6-11(12(10)9-14)13(15)16-2/h4-6H,3,7-9H2,1-2H3. The second-order valence-electron chi connectivity index (χ2n) is 4.05. The molecule has 86 valence electrons. The molecular weight excluding hydrogens is 202 g/mol. The van der Waals surface area contributed by atoms with Crippen molar-refractivity contribution < 1.29 is 9.53 Å². The summed E-state index contributed by atoms with van der Waals surface area (Å²) in [5, 5.41) is 0. The van der Waals surface area contributed by atoms with E-state index in [0.717, 1.165) is 37.2 Å². The van der Waals surface area contributed by atoms with E-state index in [1.807, 2.05) is 12.1 Å². The molecule has 1 heterocycles. The van der Waals surface area contributed by atoms with Gasteiger partial charge in [-0.3, -0.25) is 4.90 Å². The molecule has 0 atom stereocenters. The van der Waals surface area contributed by atoms with Crippen LogP contribution in [0.15, 0.2) is 18.2 Å². The number of likely N-dealkylation sites (N-methyl/N-ethyl adjacent to an activating group) is 1. The number of hydrogen-bond acceptors (Lipinski definition) is 3. The largest absolute Gasteiger partial charge is 0.465 e. The maximum absolute atomic E-state index is 11.6. The van der Waals surface area contributed by atoms with Gasteiger partial charge in [0.25, 0.3) is 0 Å². The molecular formula is C13H17NO2. The molecule has 0 spiro atoms. The fraction of sp³-hybridized carbons (Fsp3) is 0.462. The molecule has 0 fully saturated rings. The number of ether oxygens (including phenoxy) is 1. The van der Waals surface area contributed by atoms with Gasteiger partial charge in [0.05, 0.1) is 12.7 Å². The molecule has 1 aromatic rings. The quantitative estimate of drug-likeness (QED) is 0.711. The van der Waals surface area contributed by atoms with E-state index in [0.29, 0.717) is 0 Å². The van der Waals surface area contributed by atoms with Crippen LogP contribution in [0.2, 0.25) is 0 Å². The topological polar surface area (TPSA) is 29.5 Å². The Balaban J connectivity index is 2.38. The highest BCUT2D eigenvalue weighted by Gasteiger charge is 2.20. The number of hydrogen-bond donors (Lipinski definition) is 0. The van der Waals surface area contributed by atoms with E-state index in [9.17, 15) is 4.79 Å². The Kier molecular flexibility index (Phi) is 3.25. The van der Waals surface area contributed by atoms with Gasteiger partial charge in [-0.25, -0.2) is 4.79 Å². The minimum absolute atomic E-state index is 0.227. The van der Waals surface area contributed by atoms with E-state index >= 15 is 0 Å². The summed E-state index contributed by atoms with van der Waals surface area (Å²) in [5.41, 5.74) is 3.15. The van der Waals surface area contributed by atoms with Crippen molar-refractivity contribution in [2.45, 2.75) is 19.9 Å². The van der Waals surface area contributed by atoms with Crippen molar-refractivity contribution in [2.75, 3.05) is 20.2 Å². The van der Waals surface area contributed by atoms with Gasteiger partial charge in [0, 0.05) is 13.1 Å². The summed E-state index contributed by atoms with van der Waals surface area (Å²) in [6.45, 7) is 5.10. The molecule has 3 heteroatoms. The van der Waals surface area contributed by atoms with E-state index in [1.165, 1.54) is 12.7 Å². The first kappa shape index (κ1) is 11.1. The van der Waals surface area contributed by atoms with Crippen LogP contribution in [0.4, 0.5) is 0 Å². The summed E-state index contributed by atoms with van der Waals surface area (Å²) in [5.74, 6) is -0.227. The van der Waals surface area contributed by atoms with Gasteiger partial charge in [0.15, 0.2) is 0 Å². The SMILES string of the molecule is CCN1CCc2cccc(C(=O)OC)c2C1. The summed E-state index contributed by atoms with van der Waals surface area (Å²) in [6, 6.07) is 5.89. The van der Waals surface area contributed by atoms with Crippen molar-refractivity contribution in [3.8, 4) is 0 Å². The summed E-state index contributed by atoms with van der Waals surface area (Å²) in [6.07, 6.45) is 1.02. The maximum Gasteiger partial charge on any atom is 0.338 e. The van der Waals surface area contributed by atoms with Crippen LogP contribution in [0, 0.1) is 0 Å². The van der Waals surface area contributed by atoms with Gasteiger partial charge < -0.3 is 4.74 Å². The second-order valence-corrected chi connectivity index (χ2v) is 4.05. The third kappa shape index (κ3) is 1.95. The number of carbonyl (C=O) groups is 1. The molecule has 0 aromatic heterocycles. The lowest BCUT2D eigenvalue weighted by Crippen LogP contribution is -2.31. The molecule has 0 bridgehead atoms. The van der Waals surface area contributed by atoms with Crippen LogP contribution in [0.25, 0.3) is 0 Å². The maximum atomic E-state index is 11.6. The Morgan fingerprint density at radius 1 is 1.50 bits per heavy atom. The van der Waals surface area contributed by atoms with Crippen molar-refractivity contribution in [1.82, 2.24) is 4.90 Å². The molecule has 0 amide bonds. The average Bonchev–Trinajstić information content (AvgIpc) is 2.36. The first-order valence-corrected chi connectivity index (χ1v) is 5.67. The lowest BCUT2D eigenvalue weighted by molar-refractivity contribution is 0.0597. The van der Waals surface area contributed by atoms with E-state index < -0.39 is 0 Å². The molecule has 0 aliphatic carbocycles. The highest BCUT2D eigenvalue weighted by atomic mass is 16.5. The van der Waals surface area contributed by atoms with Crippen molar-refractivity contribution in [3.63, 3.8) is 0 Å². The average molecular weight is 219 g/mol. The van der Waals surface area contributed by atoms with Gasteiger partial charge in [-0.15, -0.1) is 0 Å². The van der Waals surface area contributed by atoms with E-state index in [-0.39, 0.29) is 5.97 Å². The van der Waals surface area contributed by atoms with Crippen LogP contribution in [-0.2, 0) is 17.7 Å². The zero-order valence-electron chi connectivity index (χ0n) is 9.82. The van der Waals surface area contributed by atoms with Crippen LogP contribution in [0.5, 0.6) is 0 Å². The highest BCUT2D eigenvalue weighted by molar-refractivity contribution is 5.91. The third-order valence-electron chi connectivity index (χ3n) is 3.20. The molecule has 1 aliphatic heterocycles. The Bertz CT molecular complexity index is 401. The van der Waals surface area contributed by atoms with E-state index in [4.69, 9.17) is 4.74 Å². The predicted molar refractivity (Wildman–Crippen MR) is 62.4 cm³/mol. The molecule has 3 nitrogen and oxygen atoms in total. The van der Waals surface area contributed by atoms with E-state index in [1.54, 1.807) is 0 Å². The molecule has 0 unspecified atom stereocenters. The van der Waals surface area contributed by atoms with Gasteiger partial charge in [-0.05, 0) is 30.2 Å². The van der Waals surface area contributed by atoms with Crippen molar-refractivity contribution >= 4 is 5.97 Å². The Labute approximate surface area is 96.0 Å². The molecule has 0 radical (unpaired) electrons. The zero-order valence-corrected chi connectivity index (χ0v) is 9.82. The van der Waals surface area contributed by atoms with E-state index in [2.05, 4.69) is 17.9 Å². The van der Waals surface area contributed by atoms with Crippen LogP contribution in [0.1, 0.15) is 28.4 Å². The normalized spacial score (nSPS) is 15.6. The summed E-state index contributed by atoms with van der Waals surface area (Å²) >= 11 is 0. The monoisotopic (exact) mass is 219 g/mol. The summed E-state index contributed by atoms with van der Waals surface area (Å²) < 4.78 is 4.81. The number of nitrogens with zero attached hydrogens (tertiary/aromatic N) is 1. The molecule has 16 heavy (non-hydrogen) atoms. The fourth-order valence-electron chi connectivity index (χ4n) is 2.21. The number of methoxy groups -OCH3 is 1. The molecule has 1 aliphatic rings. The number of carbonyl (C=O) groups excluding carboxylic acids is 1. The third-order valence-corrected chi connectivity index (χ3v) is 3.20. The van der Waals surface area contributed by atoms with Gasteiger partial charge in [-0.2, -0.15) is 0 Å². The molecule has 0 saturated carbocycles. The molecule has 0 saturated heterocycles. The minimum atomic E-state index is -0.227. The van der Waals surface area contributed by atoms with Crippen molar-refractivity contribution in [2.24, 2.45) is 0 Å². The molecule has 1 aromatic carbocycles. The molecule has 0 N–H and O–H groups in total. The fourth-order valence-corrected chi connectivity index (χ4v) is 2.21. The Hall–Kier alpha value is -1.35. The smallest absolute Gasteiger partial charge is 0.338 e. The summed E-state index contributed by atoms with van der Waals surface area (Å²) in [7, 11) is 1.43. The Morgan fingerprint density at radius 2 is 2.31 bits per heavy atom. The summed E-state index contributed by atoms with van der Waals surface area (Å²) in [4.78, 5) is 14.0. The second kappa shape index (κ2) is 4.66. The lowest BCUT2D eigenvalue weighted by Gasteiger charge is -2.28. The number of esters is 1. The van der Waals surface area contributed by atoms with Crippen LogP contribution >= 0.6 is 0 Å². The number of rotatable bonds is 2. The number of fused-ring (bicyclic) bond motifs is 1. The first-order chi connectivity index (χ1) is 7.76. The predicted octanol–water partition coefficient (Wildman–Crippen LogP) is 1.85. The minimum Gasteiger partial charge on any atom is -0.465 e. The molecule has 2 rings (SSSR count). The van der Waals surface area contributed by atoms with Crippen LogP contribution in [-0.4, -0.2) is 31.1 Å². The lowest BCUT2D eigenvalue weighted by atomic mass is 9.95. The van der Waals surface area contributed by atoms with Crippen LogP contribution < -0.4 is 0 Å². The van der Waals surface area contributed by atoms with Gasteiger partial charge >= 0.3 is 5.97 Å². The number of benzene rings is 1. The zero-order chi connectivity index (χ0) is 11.5. The van der Waals surface area contributed by atoms with Gasteiger partial charge in [0.2, 0.25) is 0 Å². The van der Waals surface area contributed by atoms with Gasteiger partial charge in [-0.1, -0.05) is 19.1 Å². The Morgan fingerprint density at radius 3 is 3.00 bits per heavy atom. The van der Waals surface area contributed by atoms with Crippen molar-refractivity contribution in [3.05, 3.63) is 34.9 Å². The van der Waals surface area contributed by atoms with Crippen LogP contribution in [0.3, 0.4) is 0 Å². The first-order valence-electron chi connectivity index (χ1n) is 5.67. The highest BCUT2D eigenvalue weighted by Crippen LogP contribution is 2.22. The van der Waals surface area contributed by atoms with Gasteiger partial charge in [0.1, 0.15) is 0 Å². The van der Waals surface area contributed by atoms with Crippen molar-refractivity contribution in [1.29, 1.82) is 0 Å².